The van der Waals surface area contributed by atoms with Gasteiger partial charge in [-0.1, -0.05) is 59.1 Å². The number of ether oxygens (including phenoxy) is 1. The average molecular weight is 380 g/mol. The second kappa shape index (κ2) is 8.88. The molecule has 0 aliphatic rings. The van der Waals surface area contributed by atoms with Crippen LogP contribution in [0.3, 0.4) is 0 Å². The van der Waals surface area contributed by atoms with Gasteiger partial charge < -0.3 is 10.1 Å². The summed E-state index contributed by atoms with van der Waals surface area (Å²) in [5.41, 5.74) is 2.78. The Bertz CT molecular complexity index is 760. The van der Waals surface area contributed by atoms with E-state index in [2.05, 4.69) is 5.32 Å². The number of hydrogen-bond acceptors (Lipinski definition) is 3. The van der Waals surface area contributed by atoms with Gasteiger partial charge in [0.1, 0.15) is 0 Å². The van der Waals surface area contributed by atoms with Crippen LogP contribution in [-0.4, -0.2) is 18.5 Å². The van der Waals surface area contributed by atoms with Crippen LogP contribution in [0.5, 0.6) is 0 Å². The molecular formula is C19H19Cl2NO3. The lowest BCUT2D eigenvalue weighted by atomic mass is 10.1. The number of aryl methyl sites for hydroxylation is 1. The van der Waals surface area contributed by atoms with Crippen molar-refractivity contribution >= 4 is 35.1 Å². The van der Waals surface area contributed by atoms with Crippen LogP contribution in [0.25, 0.3) is 0 Å². The van der Waals surface area contributed by atoms with E-state index in [9.17, 15) is 9.59 Å². The van der Waals surface area contributed by atoms with Gasteiger partial charge in [0.15, 0.2) is 6.61 Å². The molecule has 2 rings (SSSR count). The predicted molar refractivity (Wildman–Crippen MR) is 98.9 cm³/mol. The van der Waals surface area contributed by atoms with E-state index < -0.39 is 5.97 Å². The average Bonchev–Trinajstić information content (AvgIpc) is 2.57. The van der Waals surface area contributed by atoms with Crippen molar-refractivity contribution in [1.82, 2.24) is 5.32 Å². The molecule has 2 aromatic rings. The Labute approximate surface area is 157 Å². The Hall–Kier alpha value is -2.04. The standard InChI is InChI=1S/C19H19Cl2NO3/c1-12-3-5-14(6-4-12)9-19(24)25-11-18(23)22-13(2)15-7-8-16(20)17(21)10-15/h3-8,10,13H,9,11H2,1-2H3,(H,22,23)/t13-/m0/s1. The van der Waals surface area contributed by atoms with Crippen LogP contribution in [0.1, 0.15) is 29.7 Å². The van der Waals surface area contributed by atoms with E-state index in [1.165, 1.54) is 0 Å². The van der Waals surface area contributed by atoms with Crippen molar-refractivity contribution in [2.24, 2.45) is 0 Å². The number of hydrogen-bond donors (Lipinski definition) is 1. The zero-order valence-electron chi connectivity index (χ0n) is 14.0. The van der Waals surface area contributed by atoms with E-state index in [0.29, 0.717) is 10.0 Å². The quantitative estimate of drug-likeness (QED) is 0.762. The minimum absolute atomic E-state index is 0.135. The fourth-order valence-electron chi connectivity index (χ4n) is 2.22. The van der Waals surface area contributed by atoms with Gasteiger partial charge in [-0.15, -0.1) is 0 Å². The van der Waals surface area contributed by atoms with Gasteiger partial charge in [0.2, 0.25) is 0 Å². The van der Waals surface area contributed by atoms with Gasteiger partial charge in [0, 0.05) is 0 Å². The fourth-order valence-corrected chi connectivity index (χ4v) is 2.52. The normalized spacial score (nSPS) is 11.7. The summed E-state index contributed by atoms with van der Waals surface area (Å²) in [4.78, 5) is 23.7. The van der Waals surface area contributed by atoms with Crippen LogP contribution in [0.4, 0.5) is 0 Å². The highest BCUT2D eigenvalue weighted by Gasteiger charge is 2.13. The van der Waals surface area contributed by atoms with Gasteiger partial charge in [0.25, 0.3) is 5.91 Å². The molecule has 0 unspecified atom stereocenters. The predicted octanol–water partition coefficient (Wildman–Crippen LogP) is 4.26. The molecule has 2 aromatic carbocycles. The summed E-state index contributed by atoms with van der Waals surface area (Å²) in [5.74, 6) is -0.822. The van der Waals surface area contributed by atoms with Crippen LogP contribution >= 0.6 is 23.2 Å². The monoisotopic (exact) mass is 379 g/mol. The van der Waals surface area contributed by atoms with Crippen LogP contribution in [0.2, 0.25) is 10.0 Å². The van der Waals surface area contributed by atoms with Gasteiger partial charge in [-0.25, -0.2) is 0 Å². The Morgan fingerprint density at radius 1 is 1.08 bits per heavy atom. The van der Waals surface area contributed by atoms with Gasteiger partial charge in [-0.3, -0.25) is 9.59 Å². The third-order valence-electron chi connectivity index (χ3n) is 3.65. The number of rotatable bonds is 6. The van der Waals surface area contributed by atoms with Gasteiger partial charge >= 0.3 is 5.97 Å². The van der Waals surface area contributed by atoms with Crippen molar-refractivity contribution in [3.8, 4) is 0 Å². The Balaban J connectivity index is 1.80. The second-order valence-corrected chi connectivity index (χ2v) is 6.60. The number of carbonyl (C=O) groups excluding carboxylic acids is 2. The van der Waals surface area contributed by atoms with E-state index in [4.69, 9.17) is 27.9 Å². The van der Waals surface area contributed by atoms with Crippen LogP contribution in [0.15, 0.2) is 42.5 Å². The van der Waals surface area contributed by atoms with Crippen molar-refractivity contribution in [2.45, 2.75) is 26.3 Å². The summed E-state index contributed by atoms with van der Waals surface area (Å²) in [6.07, 6.45) is 0.135. The van der Waals surface area contributed by atoms with Gasteiger partial charge in [-0.05, 0) is 37.1 Å². The number of halogens is 2. The molecule has 0 fully saturated rings. The lowest BCUT2D eigenvalue weighted by Gasteiger charge is -2.15. The summed E-state index contributed by atoms with van der Waals surface area (Å²) in [6.45, 7) is 3.46. The Morgan fingerprint density at radius 2 is 1.76 bits per heavy atom. The summed E-state index contributed by atoms with van der Waals surface area (Å²) >= 11 is 11.8. The fraction of sp³-hybridized carbons (Fsp3) is 0.263. The van der Waals surface area contributed by atoms with E-state index in [-0.39, 0.29) is 25.0 Å². The van der Waals surface area contributed by atoms with E-state index >= 15 is 0 Å². The maximum absolute atomic E-state index is 11.9. The molecule has 4 nitrogen and oxygen atoms in total. The molecule has 0 radical (unpaired) electrons. The summed E-state index contributed by atoms with van der Waals surface area (Å²) in [5, 5.41) is 3.63. The molecule has 0 spiro atoms. The van der Waals surface area contributed by atoms with Crippen LogP contribution in [0, 0.1) is 6.92 Å². The van der Waals surface area contributed by atoms with E-state index in [1.54, 1.807) is 18.2 Å². The summed E-state index contributed by atoms with van der Waals surface area (Å²) < 4.78 is 5.02. The molecule has 0 saturated carbocycles. The second-order valence-electron chi connectivity index (χ2n) is 5.79. The molecule has 0 saturated heterocycles. The number of nitrogens with one attached hydrogen (secondary N) is 1. The zero-order chi connectivity index (χ0) is 18.4. The molecule has 0 bridgehead atoms. The van der Waals surface area contributed by atoms with Crippen molar-refractivity contribution in [3.63, 3.8) is 0 Å². The minimum Gasteiger partial charge on any atom is -0.455 e. The SMILES string of the molecule is Cc1ccc(CC(=O)OCC(=O)N[C@@H](C)c2ccc(Cl)c(Cl)c2)cc1. The highest BCUT2D eigenvalue weighted by atomic mass is 35.5. The Kier molecular flexibility index (Phi) is 6.85. The van der Waals surface area contributed by atoms with Crippen molar-refractivity contribution in [2.75, 3.05) is 6.61 Å². The number of esters is 1. The molecule has 0 aliphatic carbocycles. The third kappa shape index (κ3) is 6.07. The van der Waals surface area contributed by atoms with Crippen LogP contribution < -0.4 is 5.32 Å². The molecule has 1 atom stereocenters. The largest absolute Gasteiger partial charge is 0.455 e. The molecular weight excluding hydrogens is 361 g/mol. The van der Waals surface area contributed by atoms with E-state index in [0.717, 1.165) is 16.7 Å². The van der Waals surface area contributed by atoms with Crippen LogP contribution in [-0.2, 0) is 20.7 Å². The highest BCUT2D eigenvalue weighted by molar-refractivity contribution is 6.42. The third-order valence-corrected chi connectivity index (χ3v) is 4.39. The first kappa shape index (κ1) is 19.3. The van der Waals surface area contributed by atoms with E-state index in [1.807, 2.05) is 38.1 Å². The first-order valence-electron chi connectivity index (χ1n) is 7.80. The molecule has 25 heavy (non-hydrogen) atoms. The molecule has 0 aliphatic heterocycles. The summed E-state index contributed by atoms with van der Waals surface area (Å²) in [7, 11) is 0. The number of benzene rings is 2. The lowest BCUT2D eigenvalue weighted by molar-refractivity contribution is -0.148. The molecule has 1 N–H and O–H groups in total. The molecule has 132 valence electrons. The lowest BCUT2D eigenvalue weighted by Crippen LogP contribution is -2.31. The maximum atomic E-state index is 11.9. The topological polar surface area (TPSA) is 55.4 Å². The molecule has 0 aromatic heterocycles. The first-order chi connectivity index (χ1) is 11.8. The number of carbonyl (C=O) groups is 2. The van der Waals surface area contributed by atoms with Gasteiger partial charge in [-0.2, -0.15) is 0 Å². The van der Waals surface area contributed by atoms with Crippen molar-refractivity contribution < 1.29 is 14.3 Å². The zero-order valence-corrected chi connectivity index (χ0v) is 15.5. The molecule has 6 heteroatoms. The molecule has 1 amide bonds. The smallest absolute Gasteiger partial charge is 0.310 e. The number of amides is 1. The highest BCUT2D eigenvalue weighted by Crippen LogP contribution is 2.25. The van der Waals surface area contributed by atoms with Crippen molar-refractivity contribution in [3.05, 3.63) is 69.2 Å². The minimum atomic E-state index is -0.443. The van der Waals surface area contributed by atoms with Crippen molar-refractivity contribution in [1.29, 1.82) is 0 Å². The maximum Gasteiger partial charge on any atom is 0.310 e. The molecule has 0 heterocycles. The van der Waals surface area contributed by atoms with Gasteiger partial charge in [0.05, 0.1) is 22.5 Å². The first-order valence-corrected chi connectivity index (χ1v) is 8.56. The summed E-state index contributed by atoms with van der Waals surface area (Å²) in [6, 6.07) is 12.4. The Morgan fingerprint density at radius 3 is 2.40 bits per heavy atom.